The Balaban J connectivity index is 0.00000128. The lowest BCUT2D eigenvalue weighted by Gasteiger charge is -2.43. The lowest BCUT2D eigenvalue weighted by molar-refractivity contribution is 0.143. The Morgan fingerprint density at radius 1 is 1.00 bits per heavy atom. The molecule has 0 amide bonds. The summed E-state index contributed by atoms with van der Waals surface area (Å²) in [7, 11) is 0. The van der Waals surface area contributed by atoms with E-state index < -0.39 is 0 Å². The van der Waals surface area contributed by atoms with Crippen molar-refractivity contribution in [2.75, 3.05) is 0 Å². The fraction of sp³-hybridized carbons (Fsp3) is 1.00. The zero-order valence-electron chi connectivity index (χ0n) is 10.9. The maximum Gasteiger partial charge on any atom is 0.00980 e. The molecule has 1 aliphatic carbocycles. The van der Waals surface area contributed by atoms with E-state index in [0.29, 0.717) is 0 Å². The number of hydrogen-bond acceptors (Lipinski definition) is 1. The highest BCUT2D eigenvalue weighted by Crippen LogP contribution is 2.34. The van der Waals surface area contributed by atoms with Gasteiger partial charge in [0.25, 0.3) is 0 Å². The van der Waals surface area contributed by atoms with Crippen LogP contribution < -0.4 is 5.32 Å². The molecule has 0 spiro atoms. The first-order valence-electron chi connectivity index (χ1n) is 7.11. The van der Waals surface area contributed by atoms with Crippen LogP contribution in [0.4, 0.5) is 0 Å². The molecule has 0 aromatic rings. The maximum atomic E-state index is 3.96. The molecule has 1 saturated heterocycles. The minimum atomic E-state index is 0. The monoisotopic (exact) mass is 337 g/mol. The Hall–Kier alpha value is 0.690. The van der Waals surface area contributed by atoms with Crippen LogP contribution in [-0.2, 0) is 0 Å². The first-order chi connectivity index (χ1) is 7.35. The topological polar surface area (TPSA) is 12.0 Å². The normalized spacial score (nSPS) is 34.3. The van der Waals surface area contributed by atoms with E-state index in [0.717, 1.165) is 23.9 Å². The molecule has 1 nitrogen and oxygen atoms in total. The van der Waals surface area contributed by atoms with E-state index in [9.17, 15) is 0 Å². The summed E-state index contributed by atoms with van der Waals surface area (Å²) >= 11 is 0. The smallest absolute Gasteiger partial charge is 0.00980 e. The van der Waals surface area contributed by atoms with Crippen molar-refractivity contribution in [3.63, 3.8) is 0 Å². The van der Waals surface area contributed by atoms with Crippen LogP contribution >= 0.6 is 24.0 Å². The number of rotatable bonds is 3. The van der Waals surface area contributed by atoms with Gasteiger partial charge in [-0.3, -0.25) is 0 Å². The Morgan fingerprint density at radius 3 is 2.38 bits per heavy atom. The van der Waals surface area contributed by atoms with Crippen LogP contribution in [-0.4, -0.2) is 12.1 Å². The Morgan fingerprint density at radius 2 is 1.69 bits per heavy atom. The lowest BCUT2D eigenvalue weighted by atomic mass is 9.75. The van der Waals surface area contributed by atoms with E-state index in [2.05, 4.69) is 19.2 Å². The molecule has 2 heteroatoms. The van der Waals surface area contributed by atoms with Gasteiger partial charge in [-0.2, -0.15) is 0 Å². The van der Waals surface area contributed by atoms with Crippen LogP contribution in [0.2, 0.25) is 0 Å². The molecule has 3 atom stereocenters. The minimum Gasteiger partial charge on any atom is -0.311 e. The predicted octanol–water partition coefficient (Wildman–Crippen LogP) is 4.35. The molecular formula is C14H28IN. The summed E-state index contributed by atoms with van der Waals surface area (Å²) in [5.41, 5.74) is 0. The molecule has 2 fully saturated rings. The van der Waals surface area contributed by atoms with Gasteiger partial charge in [0.1, 0.15) is 0 Å². The number of piperidine rings is 1. The minimum absolute atomic E-state index is 0. The molecule has 0 aromatic heterocycles. The summed E-state index contributed by atoms with van der Waals surface area (Å²) in [5.74, 6) is 1.94. The van der Waals surface area contributed by atoms with E-state index in [4.69, 9.17) is 0 Å². The molecule has 0 radical (unpaired) electrons. The van der Waals surface area contributed by atoms with Crippen LogP contribution in [0.15, 0.2) is 0 Å². The second-order valence-electron chi connectivity index (χ2n) is 5.58. The summed E-state index contributed by atoms with van der Waals surface area (Å²) < 4.78 is 0. The van der Waals surface area contributed by atoms with Crippen molar-refractivity contribution in [3.8, 4) is 0 Å². The van der Waals surface area contributed by atoms with Crippen molar-refractivity contribution in [1.29, 1.82) is 0 Å². The molecule has 3 unspecified atom stereocenters. The highest BCUT2D eigenvalue weighted by molar-refractivity contribution is 14.0. The van der Waals surface area contributed by atoms with E-state index in [-0.39, 0.29) is 24.0 Å². The van der Waals surface area contributed by atoms with Crippen LogP contribution in [0.1, 0.15) is 65.2 Å². The molecule has 16 heavy (non-hydrogen) atoms. The van der Waals surface area contributed by atoms with Crippen molar-refractivity contribution < 1.29 is 0 Å². The van der Waals surface area contributed by atoms with Crippen molar-refractivity contribution in [2.24, 2.45) is 11.8 Å². The van der Waals surface area contributed by atoms with E-state index in [1.807, 2.05) is 0 Å². The number of fused-ring (bicyclic) bond motifs is 1. The van der Waals surface area contributed by atoms with Crippen molar-refractivity contribution in [2.45, 2.75) is 77.3 Å². The first kappa shape index (κ1) is 14.7. The summed E-state index contributed by atoms with van der Waals surface area (Å²) in [6.45, 7) is 4.70. The SMILES string of the molecule is CCC(CC)C1CCC2CCCCC2N1.I. The molecule has 1 heterocycles. The molecule has 1 saturated carbocycles. The summed E-state index contributed by atoms with van der Waals surface area (Å²) in [6, 6.07) is 1.71. The first-order valence-corrected chi connectivity index (χ1v) is 7.11. The van der Waals surface area contributed by atoms with Gasteiger partial charge >= 0.3 is 0 Å². The predicted molar refractivity (Wildman–Crippen MR) is 81.4 cm³/mol. The molecule has 1 aliphatic heterocycles. The van der Waals surface area contributed by atoms with Gasteiger partial charge < -0.3 is 5.32 Å². The second-order valence-corrected chi connectivity index (χ2v) is 5.58. The molecule has 0 bridgehead atoms. The van der Waals surface area contributed by atoms with Crippen molar-refractivity contribution in [1.82, 2.24) is 5.32 Å². The molecule has 2 aliphatic rings. The third-order valence-electron chi connectivity index (χ3n) is 4.80. The van der Waals surface area contributed by atoms with Gasteiger partial charge in [0.15, 0.2) is 0 Å². The second kappa shape index (κ2) is 7.20. The Bertz CT molecular complexity index is 191. The average Bonchev–Trinajstić information content (AvgIpc) is 2.30. The third-order valence-corrected chi connectivity index (χ3v) is 4.80. The van der Waals surface area contributed by atoms with Crippen LogP contribution in [0.5, 0.6) is 0 Å². The van der Waals surface area contributed by atoms with E-state index in [1.165, 1.54) is 51.4 Å². The van der Waals surface area contributed by atoms with Crippen LogP contribution in [0.3, 0.4) is 0 Å². The lowest BCUT2D eigenvalue weighted by Crippen LogP contribution is -2.51. The molecule has 1 N–H and O–H groups in total. The molecule has 2 rings (SSSR count). The van der Waals surface area contributed by atoms with E-state index >= 15 is 0 Å². The Labute approximate surface area is 118 Å². The molecule has 0 aromatic carbocycles. The van der Waals surface area contributed by atoms with Gasteiger partial charge in [0, 0.05) is 12.1 Å². The zero-order valence-corrected chi connectivity index (χ0v) is 13.2. The maximum absolute atomic E-state index is 3.96. The van der Waals surface area contributed by atoms with Gasteiger partial charge in [-0.15, -0.1) is 24.0 Å². The highest BCUT2D eigenvalue weighted by atomic mass is 127. The third kappa shape index (κ3) is 3.34. The van der Waals surface area contributed by atoms with Gasteiger partial charge in [-0.1, -0.05) is 39.5 Å². The van der Waals surface area contributed by atoms with Crippen LogP contribution in [0.25, 0.3) is 0 Å². The van der Waals surface area contributed by atoms with Gasteiger partial charge in [-0.05, 0) is 37.5 Å². The Kier molecular flexibility index (Phi) is 6.63. The van der Waals surface area contributed by atoms with E-state index in [1.54, 1.807) is 0 Å². The van der Waals surface area contributed by atoms with Gasteiger partial charge in [0.05, 0.1) is 0 Å². The van der Waals surface area contributed by atoms with Gasteiger partial charge in [-0.25, -0.2) is 0 Å². The number of hydrogen-bond donors (Lipinski definition) is 1. The summed E-state index contributed by atoms with van der Waals surface area (Å²) in [6.07, 6.45) is 11.5. The fourth-order valence-corrected chi connectivity index (χ4v) is 3.75. The van der Waals surface area contributed by atoms with Crippen LogP contribution in [0, 0.1) is 11.8 Å². The fourth-order valence-electron chi connectivity index (χ4n) is 3.75. The molecular weight excluding hydrogens is 309 g/mol. The van der Waals surface area contributed by atoms with Gasteiger partial charge in [0.2, 0.25) is 0 Å². The number of halogens is 1. The van der Waals surface area contributed by atoms with Crippen molar-refractivity contribution >= 4 is 24.0 Å². The largest absolute Gasteiger partial charge is 0.311 e. The molecule has 96 valence electrons. The quantitative estimate of drug-likeness (QED) is 0.755. The average molecular weight is 337 g/mol. The summed E-state index contributed by atoms with van der Waals surface area (Å²) in [4.78, 5) is 0. The standard InChI is InChI=1S/C14H27N.HI/c1-3-11(4-2)14-10-9-12-7-5-6-8-13(12)15-14;/h11-15H,3-10H2,1-2H3;1H. The number of nitrogens with one attached hydrogen (secondary N) is 1. The zero-order chi connectivity index (χ0) is 10.7. The highest BCUT2D eigenvalue weighted by Gasteiger charge is 2.33. The summed E-state index contributed by atoms with van der Waals surface area (Å²) in [5, 5.41) is 3.96. The van der Waals surface area contributed by atoms with Crippen molar-refractivity contribution in [3.05, 3.63) is 0 Å².